The first-order chi connectivity index (χ1) is 12.4. The summed E-state index contributed by atoms with van der Waals surface area (Å²) in [6.07, 6.45) is 1.46. The lowest BCUT2D eigenvalue weighted by molar-refractivity contribution is -0.0300. The van der Waals surface area contributed by atoms with Gasteiger partial charge in [-0.2, -0.15) is 0 Å². The summed E-state index contributed by atoms with van der Waals surface area (Å²) >= 11 is 1.56. The van der Waals surface area contributed by atoms with E-state index in [9.17, 15) is 15.3 Å². The van der Waals surface area contributed by atoms with Gasteiger partial charge in [0.05, 0.1) is 25.1 Å². The van der Waals surface area contributed by atoms with Crippen LogP contribution in [0, 0.1) is 17.3 Å². The van der Waals surface area contributed by atoms with Gasteiger partial charge in [0.15, 0.2) is 16.6 Å². The van der Waals surface area contributed by atoms with Crippen LogP contribution in [-0.2, 0) is 0 Å². The van der Waals surface area contributed by atoms with Crippen molar-refractivity contribution in [2.75, 3.05) is 18.1 Å². The summed E-state index contributed by atoms with van der Waals surface area (Å²) in [7, 11) is 0. The number of aliphatic hydroxyl groups is 3. The van der Waals surface area contributed by atoms with Crippen molar-refractivity contribution in [1.82, 2.24) is 19.5 Å². The van der Waals surface area contributed by atoms with Crippen molar-refractivity contribution in [2.24, 2.45) is 17.3 Å². The van der Waals surface area contributed by atoms with Gasteiger partial charge in [0, 0.05) is 11.2 Å². The van der Waals surface area contributed by atoms with Crippen molar-refractivity contribution in [2.45, 2.75) is 50.1 Å². The number of nitrogen functional groups attached to an aromatic ring is 1. The first-order valence-electron chi connectivity index (χ1n) is 9.02. The Morgan fingerprint density at radius 3 is 2.85 bits per heavy atom. The van der Waals surface area contributed by atoms with Crippen LogP contribution in [-0.4, -0.2) is 59.4 Å². The van der Waals surface area contributed by atoms with Crippen LogP contribution in [0.5, 0.6) is 0 Å². The summed E-state index contributed by atoms with van der Waals surface area (Å²) in [5.74, 6) is 1.77. The number of rotatable bonds is 6. The fourth-order valence-corrected chi connectivity index (χ4v) is 5.07. The zero-order valence-electron chi connectivity index (χ0n) is 14.9. The Balaban J connectivity index is 1.69. The van der Waals surface area contributed by atoms with Gasteiger partial charge in [-0.3, -0.25) is 0 Å². The van der Waals surface area contributed by atoms with Crippen molar-refractivity contribution >= 4 is 28.7 Å². The van der Waals surface area contributed by atoms with E-state index in [4.69, 9.17) is 5.73 Å². The lowest BCUT2D eigenvalue weighted by atomic mass is 10.0. The minimum absolute atomic E-state index is 0.00214. The van der Waals surface area contributed by atoms with E-state index in [-0.39, 0.29) is 18.6 Å². The molecular weight excluding hydrogens is 354 g/mol. The van der Waals surface area contributed by atoms with E-state index in [1.54, 1.807) is 22.7 Å². The standard InChI is InChI=1S/C17H25N5O3S/c1-3-8(2)5-26-16-20-14(18)10-15(21-16)22(7-19-10)11-9-4-17(9,6-23)13(25)12(11)24/h7-9,11-13,23-25H,3-6H2,1-2H3,(H2,18,20,21)/t8-,9-,11-,12?,13?,17+/m1/s1. The molecule has 0 amide bonds. The highest BCUT2D eigenvalue weighted by Crippen LogP contribution is 2.67. The number of aliphatic hydroxyl groups excluding tert-OH is 3. The minimum atomic E-state index is -0.967. The zero-order chi connectivity index (χ0) is 18.6. The van der Waals surface area contributed by atoms with Gasteiger partial charge in [0.2, 0.25) is 0 Å². The van der Waals surface area contributed by atoms with Crippen molar-refractivity contribution in [3.8, 4) is 0 Å². The maximum absolute atomic E-state index is 10.5. The molecular formula is C17H25N5O3S. The molecule has 0 bridgehead atoms. The fraction of sp³-hybridized carbons (Fsp3) is 0.706. The Hall–Kier alpha value is -1.42. The summed E-state index contributed by atoms with van der Waals surface area (Å²) in [4.78, 5) is 13.3. The van der Waals surface area contributed by atoms with Crippen LogP contribution in [0.15, 0.2) is 11.5 Å². The number of nitrogens with two attached hydrogens (primary N) is 1. The fourth-order valence-electron chi connectivity index (χ4n) is 4.09. The Morgan fingerprint density at radius 1 is 1.42 bits per heavy atom. The van der Waals surface area contributed by atoms with E-state index in [1.807, 2.05) is 0 Å². The quantitative estimate of drug-likeness (QED) is 0.429. The third-order valence-electron chi connectivity index (χ3n) is 6.09. The minimum Gasteiger partial charge on any atom is -0.396 e. The topological polar surface area (TPSA) is 130 Å². The van der Waals surface area contributed by atoms with Gasteiger partial charge in [0.1, 0.15) is 11.6 Å². The van der Waals surface area contributed by atoms with Crippen LogP contribution in [0.3, 0.4) is 0 Å². The molecule has 2 heterocycles. The molecule has 2 aliphatic carbocycles. The number of nitrogens with zero attached hydrogens (tertiary/aromatic N) is 4. The lowest BCUT2D eigenvalue weighted by Crippen LogP contribution is -2.35. The van der Waals surface area contributed by atoms with Gasteiger partial charge in [0.25, 0.3) is 0 Å². The molecule has 2 aromatic rings. The summed E-state index contributed by atoms with van der Waals surface area (Å²) < 4.78 is 1.80. The van der Waals surface area contributed by atoms with Crippen LogP contribution < -0.4 is 5.73 Å². The number of imidazole rings is 1. The van der Waals surface area contributed by atoms with E-state index in [1.165, 1.54) is 0 Å². The van der Waals surface area contributed by atoms with Crippen molar-refractivity contribution in [3.05, 3.63) is 6.33 Å². The van der Waals surface area contributed by atoms with Crippen LogP contribution in [0.2, 0.25) is 0 Å². The molecule has 142 valence electrons. The van der Waals surface area contributed by atoms with E-state index >= 15 is 0 Å². The summed E-state index contributed by atoms with van der Waals surface area (Å²) in [5, 5.41) is 31.2. The first-order valence-corrected chi connectivity index (χ1v) is 10.0. The lowest BCUT2D eigenvalue weighted by Gasteiger charge is -2.23. The average molecular weight is 379 g/mol. The van der Waals surface area contributed by atoms with Gasteiger partial charge < -0.3 is 25.6 Å². The van der Waals surface area contributed by atoms with Crippen LogP contribution in [0.1, 0.15) is 32.7 Å². The first kappa shape index (κ1) is 18.0. The molecule has 2 saturated carbocycles. The monoisotopic (exact) mass is 379 g/mol. The van der Waals surface area contributed by atoms with E-state index in [0.717, 1.165) is 12.2 Å². The van der Waals surface area contributed by atoms with Gasteiger partial charge in [-0.1, -0.05) is 32.0 Å². The second kappa shape index (κ2) is 6.33. The highest BCUT2D eigenvalue weighted by atomic mass is 32.2. The number of fused-ring (bicyclic) bond motifs is 2. The van der Waals surface area contributed by atoms with Crippen molar-refractivity contribution < 1.29 is 15.3 Å². The molecule has 2 aliphatic rings. The summed E-state index contributed by atoms with van der Waals surface area (Å²) in [6.45, 7) is 4.19. The van der Waals surface area contributed by atoms with E-state index in [2.05, 4.69) is 28.8 Å². The maximum Gasteiger partial charge on any atom is 0.191 e. The Kier molecular flexibility index (Phi) is 4.37. The van der Waals surface area contributed by atoms with Crippen molar-refractivity contribution in [1.29, 1.82) is 0 Å². The van der Waals surface area contributed by atoms with E-state index < -0.39 is 17.6 Å². The molecule has 0 aliphatic heterocycles. The number of aromatic nitrogens is 4. The average Bonchev–Trinajstić information content (AvgIpc) is 3.15. The molecule has 5 N–H and O–H groups in total. The SMILES string of the molecule is CC[C@@H](C)CSc1nc(N)c2ncn([C@H]3C(O)C(O)[C@]4(CO)C[C@H]34)c2n1. The smallest absolute Gasteiger partial charge is 0.191 e. The van der Waals surface area contributed by atoms with Crippen LogP contribution in [0.25, 0.3) is 11.2 Å². The predicted octanol–water partition coefficient (Wildman–Crippen LogP) is 0.822. The highest BCUT2D eigenvalue weighted by molar-refractivity contribution is 7.99. The molecule has 6 atom stereocenters. The van der Waals surface area contributed by atoms with Crippen molar-refractivity contribution in [3.63, 3.8) is 0 Å². The van der Waals surface area contributed by atoms with Crippen LogP contribution >= 0.6 is 11.8 Å². The molecule has 2 unspecified atom stereocenters. The Morgan fingerprint density at radius 2 is 2.19 bits per heavy atom. The van der Waals surface area contributed by atoms with Gasteiger partial charge in [-0.15, -0.1) is 0 Å². The third-order valence-corrected chi connectivity index (χ3v) is 7.27. The molecule has 4 rings (SSSR count). The molecule has 0 aromatic carbocycles. The second-order valence-corrected chi connectivity index (χ2v) is 8.65. The molecule has 0 spiro atoms. The molecule has 8 nitrogen and oxygen atoms in total. The zero-order valence-corrected chi connectivity index (χ0v) is 15.7. The molecule has 0 saturated heterocycles. The largest absolute Gasteiger partial charge is 0.396 e. The Bertz CT molecular complexity index is 830. The molecule has 2 aromatic heterocycles. The maximum atomic E-state index is 10.5. The normalized spacial score (nSPS) is 34.2. The number of thioether (sulfide) groups is 1. The Labute approximate surface area is 155 Å². The highest BCUT2D eigenvalue weighted by Gasteiger charge is 2.71. The molecule has 26 heavy (non-hydrogen) atoms. The van der Waals surface area contributed by atoms with Gasteiger partial charge in [-0.05, 0) is 18.3 Å². The van der Waals surface area contributed by atoms with Crippen LogP contribution in [0.4, 0.5) is 5.82 Å². The second-order valence-electron chi connectivity index (χ2n) is 7.67. The number of hydrogen-bond acceptors (Lipinski definition) is 8. The molecule has 0 radical (unpaired) electrons. The molecule has 2 fully saturated rings. The summed E-state index contributed by atoms with van der Waals surface area (Å²) in [5.41, 5.74) is 6.54. The molecule has 9 heteroatoms. The summed E-state index contributed by atoms with van der Waals surface area (Å²) in [6, 6.07) is -0.371. The number of anilines is 1. The number of hydrogen-bond donors (Lipinski definition) is 4. The van der Waals surface area contributed by atoms with Gasteiger partial charge >= 0.3 is 0 Å². The van der Waals surface area contributed by atoms with Gasteiger partial charge in [-0.25, -0.2) is 15.0 Å². The predicted molar refractivity (Wildman–Crippen MR) is 98.6 cm³/mol. The van der Waals surface area contributed by atoms with E-state index in [0.29, 0.717) is 34.5 Å². The third kappa shape index (κ3) is 2.52.